The van der Waals surface area contributed by atoms with Gasteiger partial charge in [0.15, 0.2) is 0 Å². The summed E-state index contributed by atoms with van der Waals surface area (Å²) in [6.07, 6.45) is 0. The van der Waals surface area contributed by atoms with Gasteiger partial charge in [-0.1, -0.05) is 84.9 Å². The number of hydrogen-bond acceptors (Lipinski definition) is 1. The largest absolute Gasteiger partial charge is 0.309 e. The van der Waals surface area contributed by atoms with Crippen LogP contribution in [0.15, 0.2) is 127 Å². The summed E-state index contributed by atoms with van der Waals surface area (Å²) in [5.41, 5.74) is 7.61. The quantitative estimate of drug-likeness (QED) is 0.242. The Kier molecular flexibility index (Phi) is 4.29. The van der Waals surface area contributed by atoms with Crippen LogP contribution in [0.1, 0.15) is 5.56 Å². The average Bonchev–Trinajstić information content (AvgIpc) is 3.50. The van der Waals surface area contributed by atoms with Crippen LogP contribution in [-0.2, 0) is 0 Å². The SMILES string of the molecule is N#Cc1ccc(-n2c3ccccc3c3ccc4c(c5ccccc5n4-c4ccccc4)c32)c2ccccc12. The molecule has 0 fully saturated rings. The maximum atomic E-state index is 9.81. The van der Waals surface area contributed by atoms with Gasteiger partial charge in [-0.25, -0.2) is 0 Å². The Bertz CT molecular complexity index is 2240. The molecule has 2 heterocycles. The predicted octanol–water partition coefficient (Wildman–Crippen LogP) is 8.91. The third-order valence-corrected chi connectivity index (χ3v) is 7.75. The molecular weight excluding hydrogens is 462 g/mol. The van der Waals surface area contributed by atoms with E-state index in [9.17, 15) is 5.26 Å². The lowest BCUT2D eigenvalue weighted by molar-refractivity contribution is 1.18. The highest BCUT2D eigenvalue weighted by Crippen LogP contribution is 2.42. The summed E-state index contributed by atoms with van der Waals surface area (Å²) in [5, 5.41) is 16.7. The molecule has 38 heavy (non-hydrogen) atoms. The molecule has 2 aromatic heterocycles. The molecule has 0 saturated heterocycles. The van der Waals surface area contributed by atoms with Crippen LogP contribution in [0, 0.1) is 11.3 Å². The highest BCUT2D eigenvalue weighted by atomic mass is 15.0. The van der Waals surface area contributed by atoms with Gasteiger partial charge in [-0.15, -0.1) is 0 Å². The molecule has 0 aliphatic carbocycles. The fourth-order valence-corrected chi connectivity index (χ4v) is 6.19. The van der Waals surface area contributed by atoms with Crippen LogP contribution in [0.3, 0.4) is 0 Å². The van der Waals surface area contributed by atoms with Crippen LogP contribution >= 0.6 is 0 Å². The number of nitrogens with zero attached hydrogens (tertiary/aromatic N) is 3. The van der Waals surface area contributed by atoms with Crippen molar-refractivity contribution in [1.82, 2.24) is 9.13 Å². The summed E-state index contributed by atoms with van der Waals surface area (Å²) >= 11 is 0. The molecule has 0 N–H and O–H groups in total. The van der Waals surface area contributed by atoms with Crippen molar-refractivity contribution >= 4 is 54.4 Å². The third kappa shape index (κ3) is 2.72. The number of para-hydroxylation sites is 3. The third-order valence-electron chi connectivity index (χ3n) is 7.75. The summed E-state index contributed by atoms with van der Waals surface area (Å²) in [6, 6.07) is 47.1. The molecule has 176 valence electrons. The first-order valence-electron chi connectivity index (χ1n) is 12.8. The zero-order valence-corrected chi connectivity index (χ0v) is 20.5. The second-order valence-electron chi connectivity index (χ2n) is 9.69. The van der Waals surface area contributed by atoms with E-state index < -0.39 is 0 Å². The van der Waals surface area contributed by atoms with Gasteiger partial charge in [0, 0.05) is 38.0 Å². The van der Waals surface area contributed by atoms with Crippen LogP contribution in [0.4, 0.5) is 0 Å². The smallest absolute Gasteiger partial charge is 0.0998 e. The molecule has 0 amide bonds. The molecule has 0 aliphatic heterocycles. The van der Waals surface area contributed by atoms with E-state index in [0.29, 0.717) is 5.56 Å². The minimum absolute atomic E-state index is 0.691. The fourth-order valence-electron chi connectivity index (χ4n) is 6.19. The van der Waals surface area contributed by atoms with Gasteiger partial charge in [-0.3, -0.25) is 0 Å². The Morgan fingerprint density at radius 1 is 0.447 bits per heavy atom. The lowest BCUT2D eigenvalue weighted by Crippen LogP contribution is -1.97. The maximum Gasteiger partial charge on any atom is 0.0998 e. The lowest BCUT2D eigenvalue weighted by atomic mass is 10.0. The summed E-state index contributed by atoms with van der Waals surface area (Å²) in [6.45, 7) is 0. The lowest BCUT2D eigenvalue weighted by Gasteiger charge is -2.13. The minimum atomic E-state index is 0.691. The van der Waals surface area contributed by atoms with Crippen LogP contribution in [-0.4, -0.2) is 9.13 Å². The van der Waals surface area contributed by atoms with E-state index in [4.69, 9.17) is 0 Å². The first-order chi connectivity index (χ1) is 18.8. The number of fused-ring (bicyclic) bond motifs is 8. The number of benzene rings is 6. The molecule has 0 saturated carbocycles. The number of hydrogen-bond donors (Lipinski definition) is 0. The first-order valence-corrected chi connectivity index (χ1v) is 12.8. The van der Waals surface area contributed by atoms with Gasteiger partial charge in [-0.05, 0) is 42.5 Å². The van der Waals surface area contributed by atoms with Crippen molar-refractivity contribution < 1.29 is 0 Å². The Hall–Kier alpha value is -5.33. The molecule has 0 radical (unpaired) electrons. The van der Waals surface area contributed by atoms with Crippen molar-refractivity contribution in [3.8, 4) is 17.4 Å². The number of nitriles is 1. The zero-order valence-electron chi connectivity index (χ0n) is 20.5. The molecule has 0 unspecified atom stereocenters. The second-order valence-corrected chi connectivity index (χ2v) is 9.69. The molecule has 8 rings (SSSR count). The summed E-state index contributed by atoms with van der Waals surface area (Å²) < 4.78 is 4.77. The molecule has 3 heteroatoms. The fraction of sp³-hybridized carbons (Fsp3) is 0. The average molecular weight is 484 g/mol. The summed E-state index contributed by atoms with van der Waals surface area (Å²) in [4.78, 5) is 0. The molecule has 6 aromatic carbocycles. The van der Waals surface area contributed by atoms with E-state index >= 15 is 0 Å². The van der Waals surface area contributed by atoms with E-state index in [1.807, 2.05) is 18.2 Å². The summed E-state index contributed by atoms with van der Waals surface area (Å²) in [7, 11) is 0. The van der Waals surface area contributed by atoms with Crippen molar-refractivity contribution in [2.45, 2.75) is 0 Å². The Labute approximate surface area is 219 Å². The van der Waals surface area contributed by atoms with Crippen LogP contribution in [0.5, 0.6) is 0 Å². The van der Waals surface area contributed by atoms with E-state index in [1.165, 1.54) is 38.1 Å². The second kappa shape index (κ2) is 7.83. The minimum Gasteiger partial charge on any atom is -0.309 e. The summed E-state index contributed by atoms with van der Waals surface area (Å²) in [5.74, 6) is 0. The molecule has 3 nitrogen and oxygen atoms in total. The van der Waals surface area contributed by atoms with E-state index in [2.05, 4.69) is 124 Å². The van der Waals surface area contributed by atoms with Gasteiger partial charge in [0.2, 0.25) is 0 Å². The van der Waals surface area contributed by atoms with Crippen molar-refractivity contribution in [3.05, 3.63) is 133 Å². The maximum absolute atomic E-state index is 9.81. The number of rotatable bonds is 2. The molecular formula is C35H21N3. The highest BCUT2D eigenvalue weighted by Gasteiger charge is 2.21. The Morgan fingerprint density at radius 2 is 1.08 bits per heavy atom. The van der Waals surface area contributed by atoms with Crippen molar-refractivity contribution in [1.29, 1.82) is 5.26 Å². The van der Waals surface area contributed by atoms with Gasteiger partial charge < -0.3 is 9.13 Å². The normalized spacial score (nSPS) is 11.7. The van der Waals surface area contributed by atoms with Crippen molar-refractivity contribution in [2.75, 3.05) is 0 Å². The topological polar surface area (TPSA) is 33.6 Å². The Morgan fingerprint density at radius 3 is 1.84 bits per heavy atom. The zero-order chi connectivity index (χ0) is 25.2. The van der Waals surface area contributed by atoms with E-state index in [1.54, 1.807) is 0 Å². The Balaban J connectivity index is 1.64. The van der Waals surface area contributed by atoms with E-state index in [-0.39, 0.29) is 0 Å². The van der Waals surface area contributed by atoms with Crippen LogP contribution < -0.4 is 0 Å². The predicted molar refractivity (Wildman–Crippen MR) is 157 cm³/mol. The highest BCUT2D eigenvalue weighted by molar-refractivity contribution is 6.26. The van der Waals surface area contributed by atoms with Gasteiger partial charge in [0.05, 0.1) is 39.4 Å². The first kappa shape index (κ1) is 20.8. The van der Waals surface area contributed by atoms with Gasteiger partial charge in [0.25, 0.3) is 0 Å². The van der Waals surface area contributed by atoms with Crippen molar-refractivity contribution in [2.24, 2.45) is 0 Å². The van der Waals surface area contributed by atoms with Gasteiger partial charge in [-0.2, -0.15) is 5.26 Å². The van der Waals surface area contributed by atoms with Gasteiger partial charge in [0.1, 0.15) is 0 Å². The van der Waals surface area contributed by atoms with Crippen molar-refractivity contribution in [3.63, 3.8) is 0 Å². The van der Waals surface area contributed by atoms with E-state index in [0.717, 1.165) is 27.7 Å². The number of aromatic nitrogens is 2. The molecule has 0 aliphatic rings. The van der Waals surface area contributed by atoms with Crippen LogP contribution in [0.2, 0.25) is 0 Å². The van der Waals surface area contributed by atoms with Crippen LogP contribution in [0.25, 0.3) is 65.8 Å². The molecule has 0 atom stereocenters. The monoisotopic (exact) mass is 483 g/mol. The standard InChI is InChI=1S/C35H21N3/c36-22-23-18-20-32(26-13-5-4-12-25(23)26)38-30-16-8-6-14-27(30)28-19-21-33-34(35(28)38)29-15-7-9-17-31(29)37(33)24-10-2-1-3-11-24/h1-21H. The molecule has 0 spiro atoms. The molecule has 8 aromatic rings. The molecule has 0 bridgehead atoms. The van der Waals surface area contributed by atoms with Gasteiger partial charge >= 0.3 is 0 Å².